The quantitative estimate of drug-likeness (QED) is 0.261. The molecular formula is C36H49N7O5. The van der Waals surface area contributed by atoms with E-state index in [-0.39, 0.29) is 41.1 Å². The molecule has 0 aromatic carbocycles. The van der Waals surface area contributed by atoms with Crippen molar-refractivity contribution in [3.8, 4) is 11.7 Å². The van der Waals surface area contributed by atoms with E-state index in [1.54, 1.807) is 15.6 Å². The Morgan fingerprint density at radius 1 is 1.12 bits per heavy atom. The van der Waals surface area contributed by atoms with Gasteiger partial charge in [-0.3, -0.25) is 9.59 Å². The molecule has 2 aliphatic heterocycles. The zero-order valence-corrected chi connectivity index (χ0v) is 29.0. The van der Waals surface area contributed by atoms with E-state index in [1.807, 2.05) is 33.9 Å². The van der Waals surface area contributed by atoms with E-state index >= 15 is 0 Å². The number of ketones is 2. The van der Waals surface area contributed by atoms with Crippen molar-refractivity contribution in [1.82, 2.24) is 29.5 Å². The average Bonchev–Trinajstić information content (AvgIpc) is 3.66. The first kappa shape index (κ1) is 33.8. The van der Waals surface area contributed by atoms with Crippen LogP contribution < -0.4 is 10.5 Å². The fraction of sp³-hybridized carbons (Fsp3) is 0.611. The third kappa shape index (κ3) is 6.76. The molecule has 1 saturated heterocycles. The number of nitrogens with zero attached hydrogens (tertiary/aromatic N) is 6. The van der Waals surface area contributed by atoms with Gasteiger partial charge < -0.3 is 25.0 Å². The first-order valence-corrected chi connectivity index (χ1v) is 17.2. The number of rotatable bonds is 6. The lowest BCUT2D eigenvalue weighted by molar-refractivity contribution is -0.144. The van der Waals surface area contributed by atoms with Crippen LogP contribution in [0.5, 0.6) is 5.88 Å². The maximum absolute atomic E-state index is 14.2. The first-order chi connectivity index (χ1) is 22.7. The highest BCUT2D eigenvalue weighted by Gasteiger charge is 2.51. The largest absolute Gasteiger partial charge is 0.476 e. The second-order valence-corrected chi connectivity index (χ2v) is 15.0. The Labute approximate surface area is 282 Å². The number of ether oxygens (including phenoxy) is 2. The standard InChI is InChI=1S/C36H49N7O5/c1-22(2)23-11-14-36(28(44)17-23)13-7-10-26(32(36)45)31(37)33-38-29(18-30(39-33)47-21-25-9-8-15-41(25)6)43-20-24-19-42(16-12-27(24)40-43)34(46)48-35(3,4)5/h18,20,23,25H,1,7-17,19,21,37H2,2-6H3/b31-26-/t23?,25-,36-/m0/s1. The van der Waals surface area contributed by atoms with Crippen LogP contribution in [0.4, 0.5) is 4.79 Å². The summed E-state index contributed by atoms with van der Waals surface area (Å²) in [7, 11) is 2.09. The van der Waals surface area contributed by atoms with Crippen molar-refractivity contribution in [2.75, 3.05) is 26.7 Å². The van der Waals surface area contributed by atoms with Gasteiger partial charge in [0.25, 0.3) is 0 Å². The number of carbonyl (C=O) groups is 3. The number of likely N-dealkylation sites (tertiary alicyclic amines) is 1. The topological polar surface area (TPSA) is 146 Å². The molecule has 2 saturated carbocycles. The Morgan fingerprint density at radius 2 is 1.92 bits per heavy atom. The van der Waals surface area contributed by atoms with Gasteiger partial charge in [0.1, 0.15) is 18.0 Å². The molecule has 4 aliphatic rings. The predicted octanol–water partition coefficient (Wildman–Crippen LogP) is 4.78. The number of Topliss-reactive ketones (excluding diaryl/α,β-unsaturated/α-hetero) is 2. The van der Waals surface area contributed by atoms with Crippen LogP contribution in [0, 0.1) is 11.3 Å². The minimum atomic E-state index is -1.05. The summed E-state index contributed by atoms with van der Waals surface area (Å²) >= 11 is 0. The van der Waals surface area contributed by atoms with Gasteiger partial charge in [-0.25, -0.2) is 14.5 Å². The minimum absolute atomic E-state index is 0.0151. The van der Waals surface area contributed by atoms with Crippen LogP contribution in [-0.4, -0.2) is 85.6 Å². The highest BCUT2D eigenvalue weighted by Crippen LogP contribution is 2.48. The van der Waals surface area contributed by atoms with Gasteiger partial charge in [0.15, 0.2) is 17.4 Å². The van der Waals surface area contributed by atoms with Crippen LogP contribution in [-0.2, 0) is 27.3 Å². The number of hydrogen-bond donors (Lipinski definition) is 1. The van der Waals surface area contributed by atoms with Gasteiger partial charge in [-0.05, 0) is 92.2 Å². The number of hydrogen-bond acceptors (Lipinski definition) is 10. The SMILES string of the molecule is C=C(C)C1CC[C@@]2(CCC/C(=C(/N)c3nc(OC[C@@H]4CCCN4C)cc(-n4cc5c(n4)CCN(C(=O)OC(C)(C)C)C5)n3)C2=O)C(=O)C1. The summed E-state index contributed by atoms with van der Waals surface area (Å²) in [6, 6.07) is 1.99. The van der Waals surface area contributed by atoms with E-state index in [2.05, 4.69) is 18.5 Å². The molecule has 1 unspecified atom stereocenters. The van der Waals surface area contributed by atoms with Gasteiger partial charge in [0.2, 0.25) is 5.88 Å². The first-order valence-electron chi connectivity index (χ1n) is 17.2. The molecule has 1 spiro atoms. The molecule has 12 heteroatoms. The van der Waals surface area contributed by atoms with E-state index in [9.17, 15) is 14.4 Å². The zero-order valence-electron chi connectivity index (χ0n) is 29.0. The fourth-order valence-electron chi connectivity index (χ4n) is 7.49. The van der Waals surface area contributed by atoms with E-state index < -0.39 is 11.0 Å². The Hall–Kier alpha value is -4.06. The monoisotopic (exact) mass is 659 g/mol. The molecule has 3 fully saturated rings. The van der Waals surface area contributed by atoms with Crippen molar-refractivity contribution in [2.45, 2.75) is 104 Å². The van der Waals surface area contributed by atoms with Crippen LogP contribution in [0.2, 0.25) is 0 Å². The van der Waals surface area contributed by atoms with Crippen LogP contribution in [0.25, 0.3) is 11.5 Å². The van der Waals surface area contributed by atoms with Gasteiger partial charge in [0, 0.05) is 48.8 Å². The zero-order chi connectivity index (χ0) is 34.4. The number of likely N-dealkylation sites (N-methyl/N-ethyl adjacent to an activating group) is 1. The van der Waals surface area contributed by atoms with Crippen LogP contribution in [0.3, 0.4) is 0 Å². The maximum atomic E-state index is 14.2. The minimum Gasteiger partial charge on any atom is -0.476 e. The molecule has 258 valence electrons. The van der Waals surface area contributed by atoms with Gasteiger partial charge in [0.05, 0.1) is 23.4 Å². The maximum Gasteiger partial charge on any atom is 0.410 e. The molecule has 2 aliphatic carbocycles. The Morgan fingerprint density at radius 3 is 2.60 bits per heavy atom. The number of carbonyl (C=O) groups excluding carboxylic acids is 3. The number of nitrogens with two attached hydrogens (primary N) is 1. The van der Waals surface area contributed by atoms with Crippen molar-refractivity contribution >= 4 is 23.4 Å². The van der Waals surface area contributed by atoms with Gasteiger partial charge in [-0.2, -0.15) is 10.1 Å². The molecule has 48 heavy (non-hydrogen) atoms. The molecule has 2 aromatic rings. The van der Waals surface area contributed by atoms with Crippen LogP contribution >= 0.6 is 0 Å². The number of fused-ring (bicyclic) bond motifs is 1. The number of allylic oxidation sites excluding steroid dienone is 2. The van der Waals surface area contributed by atoms with E-state index in [0.29, 0.717) is 75.5 Å². The fourth-order valence-corrected chi connectivity index (χ4v) is 7.49. The van der Waals surface area contributed by atoms with E-state index in [4.69, 9.17) is 30.3 Å². The average molecular weight is 660 g/mol. The molecule has 2 N–H and O–H groups in total. The third-order valence-electron chi connectivity index (χ3n) is 10.4. The molecule has 4 heterocycles. The summed E-state index contributed by atoms with van der Waals surface area (Å²) in [4.78, 5) is 53.9. The highest BCUT2D eigenvalue weighted by molar-refractivity contribution is 6.17. The van der Waals surface area contributed by atoms with Crippen molar-refractivity contribution in [3.05, 3.63) is 47.1 Å². The lowest BCUT2D eigenvalue weighted by atomic mass is 9.60. The smallest absolute Gasteiger partial charge is 0.410 e. The Bertz CT molecular complexity index is 1660. The number of aromatic nitrogens is 4. The molecule has 12 nitrogen and oxygen atoms in total. The van der Waals surface area contributed by atoms with Crippen molar-refractivity contribution in [2.24, 2.45) is 17.1 Å². The number of amides is 1. The van der Waals surface area contributed by atoms with E-state index in [0.717, 1.165) is 42.6 Å². The highest BCUT2D eigenvalue weighted by atomic mass is 16.6. The summed E-state index contributed by atoms with van der Waals surface area (Å²) in [5, 5.41) is 4.82. The summed E-state index contributed by atoms with van der Waals surface area (Å²) in [6.45, 7) is 13.9. The lowest BCUT2D eigenvalue weighted by Gasteiger charge is -2.41. The van der Waals surface area contributed by atoms with Crippen molar-refractivity contribution in [1.29, 1.82) is 0 Å². The molecule has 0 radical (unpaired) electrons. The van der Waals surface area contributed by atoms with Gasteiger partial charge in [-0.15, -0.1) is 0 Å². The summed E-state index contributed by atoms with van der Waals surface area (Å²) < 4.78 is 13.5. The van der Waals surface area contributed by atoms with Gasteiger partial charge in [-0.1, -0.05) is 12.2 Å². The summed E-state index contributed by atoms with van der Waals surface area (Å²) in [5.41, 5.74) is 8.47. The second-order valence-electron chi connectivity index (χ2n) is 15.0. The molecular weight excluding hydrogens is 610 g/mol. The van der Waals surface area contributed by atoms with E-state index in [1.165, 1.54) is 0 Å². The van der Waals surface area contributed by atoms with Gasteiger partial charge >= 0.3 is 6.09 Å². The molecule has 0 bridgehead atoms. The summed E-state index contributed by atoms with van der Waals surface area (Å²) in [5.74, 6) is 0.842. The van der Waals surface area contributed by atoms with Crippen LogP contribution in [0.15, 0.2) is 30.0 Å². The molecule has 3 atom stereocenters. The molecule has 6 rings (SSSR count). The Balaban J connectivity index is 1.32. The van der Waals surface area contributed by atoms with Crippen molar-refractivity contribution in [3.63, 3.8) is 0 Å². The lowest BCUT2D eigenvalue weighted by Crippen LogP contribution is -2.47. The van der Waals surface area contributed by atoms with Crippen molar-refractivity contribution < 1.29 is 23.9 Å². The Kier molecular flexibility index (Phi) is 9.23. The normalized spacial score (nSPS) is 26.1. The summed E-state index contributed by atoms with van der Waals surface area (Å²) in [6.07, 6.45) is 7.48. The van der Waals surface area contributed by atoms with Crippen LogP contribution in [0.1, 0.15) is 96.1 Å². The predicted molar refractivity (Wildman–Crippen MR) is 180 cm³/mol. The molecule has 1 amide bonds. The third-order valence-corrected chi connectivity index (χ3v) is 10.4. The second kappa shape index (κ2) is 13.1. The molecule has 2 aromatic heterocycles.